The number of hydrogen-bond donors (Lipinski definition) is 0. The maximum Gasteiger partial charge on any atom is 0.397 e. The van der Waals surface area contributed by atoms with E-state index in [0.717, 1.165) is 45.6 Å². The second-order valence-electron chi connectivity index (χ2n) is 8.19. The van der Waals surface area contributed by atoms with Crippen molar-refractivity contribution < 1.29 is 19.1 Å². The second kappa shape index (κ2) is 10.2. The van der Waals surface area contributed by atoms with Gasteiger partial charge in [-0.3, -0.25) is 14.5 Å². The molecule has 3 saturated heterocycles. The number of rotatable bonds is 5. The molecule has 0 bridgehead atoms. The first-order valence-electron chi connectivity index (χ1n) is 10.7. The summed E-state index contributed by atoms with van der Waals surface area (Å²) in [5.41, 5.74) is 0. The fourth-order valence-corrected chi connectivity index (χ4v) is 4.36. The van der Waals surface area contributed by atoms with Gasteiger partial charge in [0.25, 0.3) is 0 Å². The molecule has 0 aromatic carbocycles. The van der Waals surface area contributed by atoms with Crippen LogP contribution in [0.5, 0.6) is 0 Å². The van der Waals surface area contributed by atoms with Crippen LogP contribution in [0.4, 0.5) is 0 Å². The fourth-order valence-electron chi connectivity index (χ4n) is 4.36. The Morgan fingerprint density at radius 1 is 1.00 bits per heavy atom. The molecule has 0 saturated carbocycles. The standard InChI is InChI=1S/C20H34N4O4/c1-21-10-6-17(7-11-21)22-12-14-24(15-13-22)19(26)20(27)28-16-4-9-23-8-3-2-5-18(23)25/h17H,2-16H2,1H3. The second-order valence-corrected chi connectivity index (χ2v) is 8.19. The number of carbonyl (C=O) groups excluding carboxylic acids is 3. The van der Waals surface area contributed by atoms with Crippen molar-refractivity contribution in [1.29, 1.82) is 0 Å². The number of nitrogens with zero attached hydrogens (tertiary/aromatic N) is 4. The van der Waals surface area contributed by atoms with Gasteiger partial charge in [0.2, 0.25) is 5.91 Å². The topological polar surface area (TPSA) is 73.4 Å². The molecule has 0 atom stereocenters. The van der Waals surface area contributed by atoms with E-state index in [4.69, 9.17) is 4.74 Å². The maximum atomic E-state index is 12.3. The van der Waals surface area contributed by atoms with E-state index < -0.39 is 11.9 Å². The van der Waals surface area contributed by atoms with Crippen molar-refractivity contribution in [2.24, 2.45) is 0 Å². The van der Waals surface area contributed by atoms with Crippen molar-refractivity contribution in [1.82, 2.24) is 19.6 Å². The van der Waals surface area contributed by atoms with Crippen LogP contribution in [0.15, 0.2) is 0 Å². The lowest BCUT2D eigenvalue weighted by Crippen LogP contribution is -2.55. The van der Waals surface area contributed by atoms with E-state index in [1.165, 1.54) is 12.8 Å². The molecule has 0 aromatic heterocycles. The molecule has 158 valence electrons. The van der Waals surface area contributed by atoms with Crippen LogP contribution in [-0.2, 0) is 19.1 Å². The van der Waals surface area contributed by atoms with Gasteiger partial charge in [0.05, 0.1) is 6.61 Å². The third-order valence-corrected chi connectivity index (χ3v) is 6.21. The predicted octanol–water partition coefficient (Wildman–Crippen LogP) is 0.171. The molecular formula is C20H34N4O4. The van der Waals surface area contributed by atoms with Gasteiger partial charge in [0.1, 0.15) is 0 Å². The van der Waals surface area contributed by atoms with E-state index in [1.54, 1.807) is 4.90 Å². The Morgan fingerprint density at radius 3 is 2.39 bits per heavy atom. The summed E-state index contributed by atoms with van der Waals surface area (Å²) in [4.78, 5) is 44.4. The Morgan fingerprint density at radius 2 is 1.71 bits per heavy atom. The van der Waals surface area contributed by atoms with Crippen LogP contribution in [-0.4, -0.2) is 109 Å². The first-order chi connectivity index (χ1) is 13.5. The van der Waals surface area contributed by atoms with E-state index in [2.05, 4.69) is 16.8 Å². The normalized spacial score (nSPS) is 23.1. The van der Waals surface area contributed by atoms with Gasteiger partial charge in [0.15, 0.2) is 0 Å². The van der Waals surface area contributed by atoms with Crippen LogP contribution in [0.3, 0.4) is 0 Å². The number of piperazine rings is 1. The van der Waals surface area contributed by atoms with Gasteiger partial charge in [-0.15, -0.1) is 0 Å². The summed E-state index contributed by atoms with van der Waals surface area (Å²) in [6.45, 7) is 6.63. The quantitative estimate of drug-likeness (QED) is 0.376. The van der Waals surface area contributed by atoms with Crippen LogP contribution in [0.1, 0.15) is 38.5 Å². The summed E-state index contributed by atoms with van der Waals surface area (Å²) in [6.07, 6.45) is 5.53. The molecule has 0 N–H and O–H groups in total. The Bertz CT molecular complexity index is 554. The summed E-state index contributed by atoms with van der Waals surface area (Å²) in [6, 6.07) is 0.595. The van der Waals surface area contributed by atoms with E-state index in [9.17, 15) is 14.4 Å². The fraction of sp³-hybridized carbons (Fsp3) is 0.850. The third kappa shape index (κ3) is 5.67. The van der Waals surface area contributed by atoms with Crippen molar-refractivity contribution in [3.63, 3.8) is 0 Å². The SMILES string of the molecule is CN1CCC(N2CCN(C(=O)C(=O)OCCCN3CCCCC3=O)CC2)CC1. The lowest BCUT2D eigenvalue weighted by atomic mass is 10.0. The Balaban J connectivity index is 1.32. The number of piperidine rings is 2. The Labute approximate surface area is 167 Å². The van der Waals surface area contributed by atoms with Crippen molar-refractivity contribution in [3.05, 3.63) is 0 Å². The van der Waals surface area contributed by atoms with E-state index in [-0.39, 0.29) is 12.5 Å². The maximum absolute atomic E-state index is 12.3. The minimum Gasteiger partial charge on any atom is -0.458 e. The summed E-state index contributed by atoms with van der Waals surface area (Å²) >= 11 is 0. The summed E-state index contributed by atoms with van der Waals surface area (Å²) in [5.74, 6) is -1.12. The van der Waals surface area contributed by atoms with Gasteiger partial charge in [0, 0.05) is 51.7 Å². The molecule has 3 aliphatic rings. The van der Waals surface area contributed by atoms with Crippen LogP contribution < -0.4 is 0 Å². The molecular weight excluding hydrogens is 360 g/mol. The number of amides is 2. The zero-order chi connectivity index (χ0) is 19.9. The molecule has 3 heterocycles. The van der Waals surface area contributed by atoms with Crippen LogP contribution in [0.2, 0.25) is 0 Å². The number of carbonyl (C=O) groups is 3. The summed E-state index contributed by atoms with van der Waals surface area (Å²) < 4.78 is 5.15. The highest BCUT2D eigenvalue weighted by Crippen LogP contribution is 2.17. The van der Waals surface area contributed by atoms with Gasteiger partial charge < -0.3 is 19.4 Å². The van der Waals surface area contributed by atoms with Crippen LogP contribution >= 0.6 is 0 Å². The highest BCUT2D eigenvalue weighted by Gasteiger charge is 2.31. The van der Waals surface area contributed by atoms with Crippen molar-refractivity contribution in [2.45, 2.75) is 44.6 Å². The minimum absolute atomic E-state index is 0.177. The van der Waals surface area contributed by atoms with Crippen LogP contribution in [0.25, 0.3) is 0 Å². The lowest BCUT2D eigenvalue weighted by Gasteiger charge is -2.41. The smallest absolute Gasteiger partial charge is 0.397 e. The highest BCUT2D eigenvalue weighted by atomic mass is 16.5. The first-order valence-corrected chi connectivity index (χ1v) is 10.7. The molecule has 8 nitrogen and oxygen atoms in total. The molecule has 3 aliphatic heterocycles. The zero-order valence-corrected chi connectivity index (χ0v) is 17.1. The zero-order valence-electron chi connectivity index (χ0n) is 17.1. The average Bonchev–Trinajstić information content (AvgIpc) is 2.72. The number of esters is 1. The number of likely N-dealkylation sites (tertiary alicyclic amines) is 2. The van der Waals surface area contributed by atoms with Gasteiger partial charge in [-0.25, -0.2) is 4.79 Å². The van der Waals surface area contributed by atoms with Gasteiger partial charge in [-0.05, 0) is 52.2 Å². The molecule has 0 aromatic rings. The Hall–Kier alpha value is -1.67. The van der Waals surface area contributed by atoms with E-state index in [1.807, 2.05) is 4.90 Å². The van der Waals surface area contributed by atoms with E-state index in [0.29, 0.717) is 38.5 Å². The van der Waals surface area contributed by atoms with E-state index >= 15 is 0 Å². The first kappa shape index (κ1) is 21.0. The van der Waals surface area contributed by atoms with Crippen LogP contribution in [0, 0.1) is 0 Å². The number of hydrogen-bond acceptors (Lipinski definition) is 6. The molecule has 2 amide bonds. The summed E-state index contributed by atoms with van der Waals surface area (Å²) in [5, 5.41) is 0. The largest absolute Gasteiger partial charge is 0.458 e. The van der Waals surface area contributed by atoms with Crippen molar-refractivity contribution >= 4 is 17.8 Å². The molecule has 28 heavy (non-hydrogen) atoms. The minimum atomic E-state index is -0.766. The van der Waals surface area contributed by atoms with Gasteiger partial charge in [-0.2, -0.15) is 0 Å². The third-order valence-electron chi connectivity index (χ3n) is 6.21. The molecule has 8 heteroatoms. The molecule has 0 radical (unpaired) electrons. The molecule has 3 rings (SSSR count). The summed E-state index contributed by atoms with van der Waals surface area (Å²) in [7, 11) is 2.16. The monoisotopic (exact) mass is 394 g/mol. The number of ether oxygens (including phenoxy) is 1. The van der Waals surface area contributed by atoms with Gasteiger partial charge >= 0.3 is 11.9 Å². The Kier molecular flexibility index (Phi) is 7.67. The van der Waals surface area contributed by atoms with Crippen molar-refractivity contribution in [3.8, 4) is 0 Å². The average molecular weight is 395 g/mol. The predicted molar refractivity (Wildman–Crippen MR) is 105 cm³/mol. The lowest BCUT2D eigenvalue weighted by molar-refractivity contribution is -0.161. The van der Waals surface area contributed by atoms with Crippen molar-refractivity contribution in [2.75, 3.05) is 66.0 Å². The molecule has 0 spiro atoms. The van der Waals surface area contributed by atoms with Gasteiger partial charge in [-0.1, -0.05) is 0 Å². The molecule has 0 unspecified atom stereocenters. The highest BCUT2D eigenvalue weighted by molar-refractivity contribution is 6.32. The molecule has 0 aliphatic carbocycles. The molecule has 3 fully saturated rings.